The first-order valence-electron chi connectivity index (χ1n) is 8.34. The normalized spacial score (nSPS) is 11.0. The number of rotatable bonds is 8. The molecule has 0 amide bonds. The summed E-state index contributed by atoms with van der Waals surface area (Å²) in [6.07, 6.45) is 1.73. The molecule has 0 unspecified atom stereocenters. The highest BCUT2D eigenvalue weighted by molar-refractivity contribution is 5.79. The highest BCUT2D eigenvalue weighted by Crippen LogP contribution is 2.17. The molecule has 2 aromatic rings. The van der Waals surface area contributed by atoms with Crippen LogP contribution >= 0.6 is 0 Å². The third-order valence-electron chi connectivity index (χ3n) is 3.45. The molecule has 0 aliphatic heterocycles. The summed E-state index contributed by atoms with van der Waals surface area (Å²) in [5, 5.41) is 16.1. The molecule has 25 heavy (non-hydrogen) atoms. The molecule has 0 saturated heterocycles. The molecule has 0 aromatic heterocycles. The number of phenolic OH excluding ortho intramolecular Hbond substituents is 1. The third kappa shape index (κ3) is 6.22. The summed E-state index contributed by atoms with van der Waals surface area (Å²) in [6, 6.07) is 15.0. The zero-order valence-corrected chi connectivity index (χ0v) is 14.5. The van der Waals surface area contributed by atoms with Crippen LogP contribution in [0.4, 0.5) is 0 Å². The fraction of sp³-hybridized carbons (Fsp3) is 0.250. The molecule has 3 N–H and O–H groups in total. The minimum atomic E-state index is 0.249. The zero-order chi connectivity index (χ0) is 17.9. The van der Waals surface area contributed by atoms with Crippen LogP contribution in [0.25, 0.3) is 0 Å². The van der Waals surface area contributed by atoms with Crippen LogP contribution < -0.4 is 15.4 Å². The lowest BCUT2D eigenvalue weighted by molar-refractivity contribution is 0.358. The minimum absolute atomic E-state index is 0.249. The van der Waals surface area contributed by atoms with Gasteiger partial charge in [-0.1, -0.05) is 43.0 Å². The monoisotopic (exact) mass is 339 g/mol. The van der Waals surface area contributed by atoms with Gasteiger partial charge in [0.2, 0.25) is 0 Å². The van der Waals surface area contributed by atoms with E-state index in [1.165, 1.54) is 0 Å². The molecule has 5 heteroatoms. The molecule has 0 atom stereocenters. The topological polar surface area (TPSA) is 65.9 Å². The fourth-order valence-electron chi connectivity index (χ4n) is 2.29. The van der Waals surface area contributed by atoms with Crippen LogP contribution in [-0.4, -0.2) is 24.2 Å². The molecule has 2 aromatic carbocycles. The summed E-state index contributed by atoms with van der Waals surface area (Å²) < 4.78 is 5.67. The van der Waals surface area contributed by atoms with Crippen LogP contribution in [-0.2, 0) is 13.1 Å². The molecule has 0 aliphatic rings. The maximum absolute atomic E-state index is 9.53. The molecule has 0 aliphatic carbocycles. The Hall–Kier alpha value is -2.95. The lowest BCUT2D eigenvalue weighted by Crippen LogP contribution is -2.36. The number of guanidine groups is 1. The number of para-hydroxylation sites is 1. The third-order valence-corrected chi connectivity index (χ3v) is 3.45. The zero-order valence-electron chi connectivity index (χ0n) is 14.5. The number of hydrogen-bond acceptors (Lipinski definition) is 3. The van der Waals surface area contributed by atoms with Crippen molar-refractivity contribution in [1.29, 1.82) is 0 Å². The molecule has 0 fully saturated rings. The number of nitrogens with one attached hydrogen (secondary N) is 2. The molecule has 0 bridgehead atoms. The highest BCUT2D eigenvalue weighted by Gasteiger charge is 2.04. The van der Waals surface area contributed by atoms with E-state index in [0.717, 1.165) is 23.4 Å². The standard InChI is InChI=1S/C20H25N3O2/c1-3-12-25-19-11-6-5-9-17(19)15-23-20(21-4-2)22-14-16-8-7-10-18(24)13-16/h3,5-11,13,24H,1,4,12,14-15H2,2H3,(H2,21,22,23). The lowest BCUT2D eigenvalue weighted by Gasteiger charge is -2.14. The van der Waals surface area contributed by atoms with E-state index in [1.54, 1.807) is 18.2 Å². The van der Waals surface area contributed by atoms with Crippen molar-refractivity contribution in [2.75, 3.05) is 13.2 Å². The van der Waals surface area contributed by atoms with Gasteiger partial charge in [0.1, 0.15) is 18.1 Å². The molecular formula is C20H25N3O2. The van der Waals surface area contributed by atoms with E-state index in [4.69, 9.17) is 4.74 Å². The maximum atomic E-state index is 9.53. The second kappa shape index (κ2) is 10.0. The quantitative estimate of drug-likeness (QED) is 0.392. The first-order chi connectivity index (χ1) is 12.2. The number of phenols is 1. The van der Waals surface area contributed by atoms with Gasteiger partial charge in [-0.2, -0.15) is 0 Å². The Balaban J connectivity index is 2.01. The van der Waals surface area contributed by atoms with Gasteiger partial charge in [-0.05, 0) is 30.7 Å². The number of ether oxygens (including phenoxy) is 1. The van der Waals surface area contributed by atoms with Crippen molar-refractivity contribution >= 4 is 5.96 Å². The summed E-state index contributed by atoms with van der Waals surface area (Å²) in [5.41, 5.74) is 2.00. The van der Waals surface area contributed by atoms with Crippen molar-refractivity contribution in [1.82, 2.24) is 10.6 Å². The van der Waals surface area contributed by atoms with Crippen LogP contribution in [0, 0.1) is 0 Å². The predicted octanol–water partition coefficient (Wildman–Crippen LogP) is 3.21. The summed E-state index contributed by atoms with van der Waals surface area (Å²) >= 11 is 0. The van der Waals surface area contributed by atoms with Crippen molar-refractivity contribution in [3.05, 3.63) is 72.3 Å². The van der Waals surface area contributed by atoms with Gasteiger partial charge in [-0.3, -0.25) is 0 Å². The van der Waals surface area contributed by atoms with Crippen molar-refractivity contribution in [3.63, 3.8) is 0 Å². The predicted molar refractivity (Wildman–Crippen MR) is 102 cm³/mol. The van der Waals surface area contributed by atoms with E-state index in [-0.39, 0.29) is 5.75 Å². The summed E-state index contributed by atoms with van der Waals surface area (Å²) in [6.45, 7) is 8.02. The van der Waals surface area contributed by atoms with Gasteiger partial charge in [0.25, 0.3) is 0 Å². The number of aromatic hydroxyl groups is 1. The van der Waals surface area contributed by atoms with E-state index in [2.05, 4.69) is 22.2 Å². The Labute approximate surface area is 149 Å². The van der Waals surface area contributed by atoms with Crippen molar-refractivity contribution in [3.8, 4) is 11.5 Å². The Morgan fingerprint density at radius 2 is 2.04 bits per heavy atom. The fourth-order valence-corrected chi connectivity index (χ4v) is 2.29. The Morgan fingerprint density at radius 3 is 2.80 bits per heavy atom. The minimum Gasteiger partial charge on any atom is -0.508 e. The van der Waals surface area contributed by atoms with E-state index in [9.17, 15) is 5.11 Å². The number of hydrogen-bond donors (Lipinski definition) is 3. The smallest absolute Gasteiger partial charge is 0.191 e. The molecule has 2 rings (SSSR count). The van der Waals surface area contributed by atoms with Crippen LogP contribution in [0.1, 0.15) is 18.1 Å². The molecule has 5 nitrogen and oxygen atoms in total. The Kier molecular flexibility index (Phi) is 7.38. The molecular weight excluding hydrogens is 314 g/mol. The molecule has 0 spiro atoms. The number of benzene rings is 2. The summed E-state index contributed by atoms with van der Waals surface area (Å²) in [7, 11) is 0. The highest BCUT2D eigenvalue weighted by atomic mass is 16.5. The average Bonchev–Trinajstić information content (AvgIpc) is 2.63. The molecule has 0 saturated carbocycles. The van der Waals surface area contributed by atoms with Crippen LogP contribution in [0.2, 0.25) is 0 Å². The Bertz CT molecular complexity index is 714. The van der Waals surface area contributed by atoms with Crippen molar-refractivity contribution in [2.45, 2.75) is 20.0 Å². The van der Waals surface area contributed by atoms with E-state index in [1.807, 2.05) is 43.3 Å². The Morgan fingerprint density at radius 1 is 1.20 bits per heavy atom. The molecule has 0 heterocycles. The van der Waals surface area contributed by atoms with Gasteiger partial charge < -0.3 is 20.5 Å². The lowest BCUT2D eigenvalue weighted by atomic mass is 10.2. The van der Waals surface area contributed by atoms with Gasteiger partial charge in [0.05, 0.1) is 6.54 Å². The second-order valence-electron chi connectivity index (χ2n) is 5.43. The van der Waals surface area contributed by atoms with E-state index in [0.29, 0.717) is 25.7 Å². The second-order valence-corrected chi connectivity index (χ2v) is 5.43. The largest absolute Gasteiger partial charge is 0.508 e. The van der Waals surface area contributed by atoms with Gasteiger partial charge in [0, 0.05) is 18.7 Å². The van der Waals surface area contributed by atoms with E-state index >= 15 is 0 Å². The van der Waals surface area contributed by atoms with Crippen LogP contribution in [0.5, 0.6) is 11.5 Å². The number of nitrogens with zero attached hydrogens (tertiary/aromatic N) is 1. The summed E-state index contributed by atoms with van der Waals surface area (Å²) in [4.78, 5) is 4.56. The first-order valence-corrected chi connectivity index (χ1v) is 8.34. The van der Waals surface area contributed by atoms with Crippen LogP contribution in [0.3, 0.4) is 0 Å². The summed E-state index contributed by atoms with van der Waals surface area (Å²) in [5.74, 6) is 1.79. The van der Waals surface area contributed by atoms with E-state index < -0.39 is 0 Å². The van der Waals surface area contributed by atoms with Crippen LogP contribution in [0.15, 0.2) is 66.2 Å². The first kappa shape index (κ1) is 18.4. The number of aliphatic imine (C=N–C) groups is 1. The van der Waals surface area contributed by atoms with Crippen molar-refractivity contribution < 1.29 is 9.84 Å². The average molecular weight is 339 g/mol. The molecule has 0 radical (unpaired) electrons. The maximum Gasteiger partial charge on any atom is 0.191 e. The molecule has 132 valence electrons. The van der Waals surface area contributed by atoms with Gasteiger partial charge in [-0.15, -0.1) is 0 Å². The van der Waals surface area contributed by atoms with Gasteiger partial charge in [-0.25, -0.2) is 4.99 Å². The van der Waals surface area contributed by atoms with Gasteiger partial charge >= 0.3 is 0 Å². The van der Waals surface area contributed by atoms with Gasteiger partial charge in [0.15, 0.2) is 5.96 Å². The van der Waals surface area contributed by atoms with Crippen molar-refractivity contribution in [2.24, 2.45) is 4.99 Å². The SMILES string of the molecule is C=CCOc1ccccc1CNC(=NCc1cccc(O)c1)NCC.